The lowest BCUT2D eigenvalue weighted by atomic mass is 9.59. The lowest BCUT2D eigenvalue weighted by Gasteiger charge is -2.46. The van der Waals surface area contributed by atoms with E-state index in [4.69, 9.17) is 8.83 Å². The molecule has 0 saturated heterocycles. The molecule has 10 nitrogen and oxygen atoms in total. The maximum absolute atomic E-state index is 5.75. The third kappa shape index (κ3) is 16.0. The Morgan fingerprint density at radius 2 is 0.888 bits per heavy atom. The van der Waals surface area contributed by atoms with Gasteiger partial charge in [0.15, 0.2) is 32.3 Å². The predicted molar refractivity (Wildman–Crippen MR) is 439 cm³/mol. The van der Waals surface area contributed by atoms with E-state index in [1.807, 2.05) is 55.3 Å². The summed E-state index contributed by atoms with van der Waals surface area (Å²) in [5.41, 5.74) is 32.4. The van der Waals surface area contributed by atoms with Gasteiger partial charge in [0.05, 0.1) is 41.1 Å². The Morgan fingerprint density at radius 1 is 0.411 bits per heavy atom. The van der Waals surface area contributed by atoms with Crippen LogP contribution in [0.4, 0.5) is 0 Å². The van der Waals surface area contributed by atoms with Gasteiger partial charge in [0.2, 0.25) is 18.7 Å². The lowest BCUT2D eigenvalue weighted by molar-refractivity contribution is -0.745. The minimum Gasteiger partial charge on any atom is -0.412 e. The molecule has 0 aliphatic carbocycles. The molecule has 0 fully saturated rings. The molecule has 1 aliphatic heterocycles. The van der Waals surface area contributed by atoms with Gasteiger partial charge in [-0.2, -0.15) is 9.13 Å². The number of rotatable bonds is 12. The molecular formula is C97H113N8O2+5. The molecule has 0 bridgehead atoms. The van der Waals surface area contributed by atoms with Gasteiger partial charge < -0.3 is 8.83 Å². The van der Waals surface area contributed by atoms with Crippen LogP contribution in [-0.2, 0) is 46.1 Å². The molecule has 107 heavy (non-hydrogen) atoms. The first-order valence-electron chi connectivity index (χ1n) is 38.0. The van der Waals surface area contributed by atoms with Crippen molar-refractivity contribution in [3.8, 4) is 84.5 Å². The van der Waals surface area contributed by atoms with Crippen LogP contribution in [0.25, 0.3) is 84.5 Å². The summed E-state index contributed by atoms with van der Waals surface area (Å²) in [6.45, 7) is 38.5. The Balaban J connectivity index is 0.000000135. The highest BCUT2D eigenvalue weighted by atomic mass is 16.3. The summed E-state index contributed by atoms with van der Waals surface area (Å²) in [4.78, 5) is 0. The first kappa shape index (κ1) is 77.1. The Labute approximate surface area is 637 Å². The molecule has 15 rings (SSSR count). The van der Waals surface area contributed by atoms with Crippen LogP contribution >= 0.6 is 0 Å². The monoisotopic (exact) mass is 1420 g/mol. The molecule has 0 radical (unpaired) electrons. The second kappa shape index (κ2) is 32.8. The Kier molecular flexibility index (Phi) is 23.7. The van der Waals surface area contributed by atoms with Crippen LogP contribution in [0.3, 0.4) is 0 Å². The molecule has 1 aliphatic rings. The quantitative estimate of drug-likeness (QED) is 0.114. The second-order valence-corrected chi connectivity index (χ2v) is 31.3. The van der Waals surface area contributed by atoms with Gasteiger partial charge in [-0.3, -0.25) is 0 Å². The van der Waals surface area contributed by atoms with Crippen molar-refractivity contribution in [1.82, 2.24) is 13.9 Å². The van der Waals surface area contributed by atoms with E-state index < -0.39 is 0 Å². The van der Waals surface area contributed by atoms with Gasteiger partial charge in [0.25, 0.3) is 11.4 Å². The average Bonchev–Trinajstić information content (AvgIpc) is 1.36. The lowest BCUT2D eigenvalue weighted by Crippen LogP contribution is -2.51. The molecule has 9 aromatic carbocycles. The van der Waals surface area contributed by atoms with Crippen molar-refractivity contribution < 1.29 is 31.9 Å². The van der Waals surface area contributed by atoms with Gasteiger partial charge >= 0.3 is 12.3 Å². The zero-order valence-corrected chi connectivity index (χ0v) is 67.5. The van der Waals surface area contributed by atoms with Crippen molar-refractivity contribution in [3.05, 3.63) is 324 Å². The maximum Gasteiger partial charge on any atom is 0.380 e. The van der Waals surface area contributed by atoms with E-state index in [0.717, 1.165) is 22.8 Å². The van der Waals surface area contributed by atoms with E-state index in [9.17, 15) is 0 Å². The minimum atomic E-state index is 0.000226. The van der Waals surface area contributed by atoms with Gasteiger partial charge in [0.1, 0.15) is 43.0 Å². The van der Waals surface area contributed by atoms with Crippen LogP contribution in [0.15, 0.2) is 271 Å². The van der Waals surface area contributed by atoms with Crippen LogP contribution in [-0.4, -0.2) is 13.9 Å². The van der Waals surface area contributed by atoms with Crippen LogP contribution in [0, 0.1) is 34.6 Å². The summed E-state index contributed by atoms with van der Waals surface area (Å²) in [6, 6.07) is 74.8. The van der Waals surface area contributed by atoms with Crippen molar-refractivity contribution in [1.29, 1.82) is 0 Å². The van der Waals surface area contributed by atoms with Gasteiger partial charge in [-0.1, -0.05) is 265 Å². The number of nitrogens with zero attached hydrogens (tertiary/aromatic N) is 8. The molecule has 14 aromatic rings. The van der Waals surface area contributed by atoms with Crippen molar-refractivity contribution in [2.75, 3.05) is 0 Å². The van der Waals surface area contributed by atoms with Gasteiger partial charge in [0, 0.05) is 27.5 Å². The highest BCUT2D eigenvalue weighted by Crippen LogP contribution is 2.52. The highest BCUT2D eigenvalue weighted by molar-refractivity contribution is 5.73. The molecule has 0 unspecified atom stereocenters. The number of hydrogen-bond donors (Lipinski definition) is 0. The van der Waals surface area contributed by atoms with E-state index in [0.29, 0.717) is 23.7 Å². The smallest absolute Gasteiger partial charge is 0.380 e. The van der Waals surface area contributed by atoms with Crippen molar-refractivity contribution in [3.63, 3.8) is 0 Å². The number of aromatic nitrogens is 8. The van der Waals surface area contributed by atoms with Crippen molar-refractivity contribution in [2.24, 2.45) is 35.2 Å². The average molecular weight is 1420 g/mol. The summed E-state index contributed by atoms with van der Waals surface area (Å²) >= 11 is 0. The normalized spacial score (nSPS) is 12.5. The molecule has 548 valence electrons. The number of hydrogen-bond acceptors (Lipinski definition) is 2. The van der Waals surface area contributed by atoms with Crippen LogP contribution in [0.5, 0.6) is 0 Å². The van der Waals surface area contributed by atoms with Gasteiger partial charge in [-0.05, 0) is 144 Å². The van der Waals surface area contributed by atoms with Crippen molar-refractivity contribution in [2.45, 2.75) is 152 Å². The second-order valence-electron chi connectivity index (χ2n) is 31.3. The molecule has 10 heteroatoms. The number of benzene rings is 9. The standard InChI is InChI=1S/C23H27N2.2C23H29N2.C17H16NO.C11H12NO/c1-16-11-10-14-19-20(16)25-21(23(4,5)22(19,2)3)18(15-24(25)6)17-12-8-7-9-13-17;1-16(2)20-11-9-12-21(17(3)4)23(20)19-14-24(6)25(15-19)22-13-8-7-10-18(22)5;1-16(2)19-12-9-13-20(17(3)4)23(19)25-14-22(24(6)15-25)21-11-8-7-10-18(21)5;1-13-8-6-7-11-15(13)16-12-19-17(18(16)2)14-9-4-3-5-10-14;1-9-5-3-4-6-10(9)11-7-13-8-12(11)2/h7-15H,1-6H3;2*7-17H,1-6H3;3-12H,1-2H3;3-8H,1-2H3/q5*+1. The zero-order valence-electron chi connectivity index (χ0n) is 67.5. The summed E-state index contributed by atoms with van der Waals surface area (Å²) < 4.78 is 28.6. The first-order valence-corrected chi connectivity index (χ1v) is 38.0. The highest BCUT2D eigenvalue weighted by Gasteiger charge is 2.51. The van der Waals surface area contributed by atoms with E-state index in [2.05, 4.69) is 384 Å². The van der Waals surface area contributed by atoms with E-state index in [-0.39, 0.29) is 10.8 Å². The summed E-state index contributed by atoms with van der Waals surface area (Å²) in [6.07, 6.45) is 16.6. The summed E-state index contributed by atoms with van der Waals surface area (Å²) in [7, 11) is 10.4. The molecule has 6 heterocycles. The van der Waals surface area contributed by atoms with Crippen LogP contribution < -0.4 is 23.1 Å². The molecule has 0 spiro atoms. The predicted octanol–water partition coefficient (Wildman–Crippen LogP) is 21.7. The Morgan fingerprint density at radius 3 is 1.41 bits per heavy atom. The fraction of sp³-hybridized carbons (Fsp3) is 0.289. The van der Waals surface area contributed by atoms with Gasteiger partial charge in [-0.25, -0.2) is 9.13 Å². The molecule has 5 aromatic heterocycles. The third-order valence-corrected chi connectivity index (χ3v) is 22.0. The van der Waals surface area contributed by atoms with Crippen molar-refractivity contribution >= 4 is 0 Å². The zero-order chi connectivity index (χ0) is 76.8. The summed E-state index contributed by atoms with van der Waals surface area (Å²) in [5.74, 6) is 2.85. The van der Waals surface area contributed by atoms with E-state index in [1.54, 1.807) is 12.7 Å². The molecule has 0 saturated carbocycles. The fourth-order valence-corrected chi connectivity index (χ4v) is 15.3. The fourth-order valence-electron chi connectivity index (χ4n) is 15.3. The summed E-state index contributed by atoms with van der Waals surface area (Å²) in [5, 5.41) is 0. The SMILES string of the molecule is Cc1cccc2c1-n1c(c(-c3ccccc3)c[n+]1C)C(C)(C)C2(C)C.Cc1ccccc1-c1c[n+](-c2c(C(C)C)cccc2C(C)C)cn1C.Cc1ccccc1-c1coc(-c2ccccc2)[n+]1C.Cc1ccccc1-c1coc[n+]1C.Cc1ccccc1-n1cc(-c2c(C(C)C)cccc2C(C)C)c[n+]1C. The first-order chi connectivity index (χ1) is 51.1. The minimum absolute atomic E-state index is 0.000226. The van der Waals surface area contributed by atoms with E-state index >= 15 is 0 Å². The van der Waals surface area contributed by atoms with Crippen LogP contribution in [0.1, 0.15) is 168 Å². The van der Waals surface area contributed by atoms with Crippen LogP contribution in [0.2, 0.25) is 0 Å². The number of fused-ring (bicyclic) bond motifs is 3. The molecule has 0 N–H and O–H groups in total. The number of imidazole rings is 1. The largest absolute Gasteiger partial charge is 0.412 e. The van der Waals surface area contributed by atoms with Gasteiger partial charge in [-0.15, -0.1) is 18.7 Å². The number of oxazole rings is 2. The maximum atomic E-state index is 5.75. The molecule has 0 atom stereocenters. The third-order valence-electron chi connectivity index (χ3n) is 22.0. The Bertz CT molecular complexity index is 5170. The number of aryl methyl sites for hydroxylation is 9. The number of para-hydroxylation sites is 3. The Hall–Kier alpha value is -11.0. The topological polar surface area (TPSA) is 60.5 Å². The molecule has 0 amide bonds. The molecular weight excluding hydrogens is 1310 g/mol. The van der Waals surface area contributed by atoms with E-state index in [1.165, 1.54) is 123 Å².